The first kappa shape index (κ1) is 14.9. The number of aryl methyl sites for hydroxylation is 1. The molecule has 20 heavy (non-hydrogen) atoms. The summed E-state index contributed by atoms with van der Waals surface area (Å²) < 4.78 is 11.0. The molecule has 1 atom stereocenters. The number of thioether (sulfide) groups is 1. The van der Waals surface area contributed by atoms with Crippen molar-refractivity contribution >= 4 is 11.8 Å². The Bertz CT molecular complexity index is 569. The number of benzene rings is 1. The van der Waals surface area contributed by atoms with E-state index in [2.05, 4.69) is 16.3 Å². The van der Waals surface area contributed by atoms with Gasteiger partial charge in [0.1, 0.15) is 5.75 Å². The number of nitrogens with two attached hydrogens (primary N) is 1. The molecule has 0 saturated heterocycles. The highest BCUT2D eigenvalue weighted by atomic mass is 32.2. The minimum atomic E-state index is 0.0000698. The molecule has 0 aliphatic carbocycles. The molecule has 0 aliphatic rings. The maximum absolute atomic E-state index is 5.93. The van der Waals surface area contributed by atoms with Crippen LogP contribution in [0.1, 0.15) is 36.9 Å². The Hall–Kier alpha value is -1.53. The van der Waals surface area contributed by atoms with E-state index in [1.165, 1.54) is 11.8 Å². The van der Waals surface area contributed by atoms with Crippen LogP contribution < -0.4 is 10.5 Å². The summed E-state index contributed by atoms with van der Waals surface area (Å²) in [6.45, 7) is 6.35. The minimum Gasteiger partial charge on any atom is -0.494 e. The van der Waals surface area contributed by atoms with E-state index in [4.69, 9.17) is 14.9 Å². The highest BCUT2D eigenvalue weighted by Gasteiger charge is 2.10. The maximum Gasteiger partial charge on any atom is 0.276 e. The highest BCUT2D eigenvalue weighted by Crippen LogP contribution is 2.29. The van der Waals surface area contributed by atoms with E-state index in [1.54, 1.807) is 6.92 Å². The second-order valence-electron chi connectivity index (χ2n) is 4.46. The van der Waals surface area contributed by atoms with Crippen LogP contribution >= 0.6 is 11.8 Å². The molecule has 1 aromatic heterocycles. The van der Waals surface area contributed by atoms with Gasteiger partial charge >= 0.3 is 0 Å². The Morgan fingerprint density at radius 3 is 2.80 bits per heavy atom. The molecule has 2 N–H and O–H groups in total. The summed E-state index contributed by atoms with van der Waals surface area (Å²) in [6.07, 6.45) is 0. The van der Waals surface area contributed by atoms with Gasteiger partial charge in [0.15, 0.2) is 0 Å². The standard InChI is InChI=1S/C14H19N3O2S/c1-4-18-13-6-5-11(9(2)15)7-12(13)8-20-14-17-16-10(3)19-14/h5-7,9H,4,8,15H2,1-3H3. The number of hydrogen-bond donors (Lipinski definition) is 1. The molecule has 2 rings (SSSR count). The molecular weight excluding hydrogens is 274 g/mol. The number of aromatic nitrogens is 2. The summed E-state index contributed by atoms with van der Waals surface area (Å²) in [6, 6.07) is 6.05. The zero-order valence-electron chi connectivity index (χ0n) is 11.9. The zero-order chi connectivity index (χ0) is 14.5. The first-order valence-corrected chi connectivity index (χ1v) is 7.52. The van der Waals surface area contributed by atoms with E-state index in [1.807, 2.05) is 26.0 Å². The Kier molecular flexibility index (Phi) is 5.03. The quantitative estimate of drug-likeness (QED) is 0.825. The number of hydrogen-bond acceptors (Lipinski definition) is 6. The van der Waals surface area contributed by atoms with E-state index < -0.39 is 0 Å². The molecule has 0 amide bonds. The lowest BCUT2D eigenvalue weighted by atomic mass is 10.1. The van der Waals surface area contributed by atoms with Crippen LogP contribution in [0.15, 0.2) is 27.8 Å². The van der Waals surface area contributed by atoms with Crippen molar-refractivity contribution in [3.05, 3.63) is 35.2 Å². The summed E-state index contributed by atoms with van der Waals surface area (Å²) in [7, 11) is 0. The fraction of sp³-hybridized carbons (Fsp3) is 0.429. The average molecular weight is 293 g/mol. The number of rotatable bonds is 6. The predicted octanol–water partition coefficient (Wildman–Crippen LogP) is 3.09. The van der Waals surface area contributed by atoms with Crippen LogP contribution in [-0.4, -0.2) is 16.8 Å². The largest absolute Gasteiger partial charge is 0.494 e. The van der Waals surface area contributed by atoms with Crippen molar-refractivity contribution < 1.29 is 9.15 Å². The van der Waals surface area contributed by atoms with E-state index in [-0.39, 0.29) is 6.04 Å². The van der Waals surface area contributed by atoms with Gasteiger partial charge in [0.05, 0.1) is 6.61 Å². The van der Waals surface area contributed by atoms with Gasteiger partial charge in [-0.15, -0.1) is 10.2 Å². The van der Waals surface area contributed by atoms with Gasteiger partial charge < -0.3 is 14.9 Å². The lowest BCUT2D eigenvalue weighted by molar-refractivity contribution is 0.337. The Morgan fingerprint density at radius 1 is 1.40 bits per heavy atom. The second-order valence-corrected chi connectivity index (χ2v) is 5.39. The molecule has 0 spiro atoms. The first-order valence-electron chi connectivity index (χ1n) is 6.54. The number of nitrogens with zero attached hydrogens (tertiary/aromatic N) is 2. The van der Waals surface area contributed by atoms with E-state index >= 15 is 0 Å². The third-order valence-electron chi connectivity index (χ3n) is 2.77. The molecule has 0 saturated carbocycles. The third-order valence-corrected chi connectivity index (χ3v) is 3.64. The second kappa shape index (κ2) is 6.76. The first-order chi connectivity index (χ1) is 9.60. The summed E-state index contributed by atoms with van der Waals surface area (Å²) >= 11 is 1.49. The molecule has 108 valence electrons. The van der Waals surface area contributed by atoms with Crippen LogP contribution in [0.4, 0.5) is 0 Å². The molecule has 0 fully saturated rings. The summed E-state index contributed by atoms with van der Waals surface area (Å²) in [5.41, 5.74) is 8.10. The topological polar surface area (TPSA) is 74.2 Å². The molecular formula is C14H19N3O2S. The number of ether oxygens (including phenoxy) is 1. The van der Waals surface area contributed by atoms with Gasteiger partial charge in [0.25, 0.3) is 5.22 Å². The minimum absolute atomic E-state index is 0.0000698. The van der Waals surface area contributed by atoms with Crippen molar-refractivity contribution in [3.8, 4) is 5.75 Å². The van der Waals surface area contributed by atoms with Crippen LogP contribution in [0, 0.1) is 6.92 Å². The lowest BCUT2D eigenvalue weighted by Gasteiger charge is -2.13. The third kappa shape index (κ3) is 3.74. The van der Waals surface area contributed by atoms with Crippen LogP contribution in [0.5, 0.6) is 5.75 Å². The summed E-state index contributed by atoms with van der Waals surface area (Å²) in [4.78, 5) is 0. The predicted molar refractivity (Wildman–Crippen MR) is 78.8 cm³/mol. The summed E-state index contributed by atoms with van der Waals surface area (Å²) in [5.74, 6) is 2.15. The van der Waals surface area contributed by atoms with E-state index in [0.29, 0.717) is 23.5 Å². The van der Waals surface area contributed by atoms with Crippen molar-refractivity contribution in [3.63, 3.8) is 0 Å². The van der Waals surface area contributed by atoms with Gasteiger partial charge in [-0.25, -0.2) is 0 Å². The maximum atomic E-state index is 5.93. The molecule has 0 radical (unpaired) electrons. The SMILES string of the molecule is CCOc1ccc(C(C)N)cc1CSc1nnc(C)o1. The smallest absolute Gasteiger partial charge is 0.276 e. The molecule has 5 nitrogen and oxygen atoms in total. The molecule has 1 aromatic carbocycles. The van der Waals surface area contributed by atoms with Crippen LogP contribution in [0.2, 0.25) is 0 Å². The van der Waals surface area contributed by atoms with Crippen LogP contribution in [0.25, 0.3) is 0 Å². The van der Waals surface area contributed by atoms with E-state index in [9.17, 15) is 0 Å². The fourth-order valence-corrected chi connectivity index (χ4v) is 2.55. The van der Waals surface area contributed by atoms with E-state index in [0.717, 1.165) is 16.9 Å². The zero-order valence-corrected chi connectivity index (χ0v) is 12.7. The van der Waals surface area contributed by atoms with Crippen molar-refractivity contribution in [2.75, 3.05) is 6.61 Å². The molecule has 1 heterocycles. The van der Waals surface area contributed by atoms with Crippen LogP contribution in [-0.2, 0) is 5.75 Å². The Labute approximate surface area is 122 Å². The van der Waals surface area contributed by atoms with Crippen molar-refractivity contribution in [2.24, 2.45) is 5.73 Å². The fourth-order valence-electron chi connectivity index (χ4n) is 1.77. The average Bonchev–Trinajstić information content (AvgIpc) is 2.83. The van der Waals surface area contributed by atoms with Gasteiger partial charge in [-0.05, 0) is 31.5 Å². The van der Waals surface area contributed by atoms with Gasteiger partial charge in [-0.2, -0.15) is 0 Å². The van der Waals surface area contributed by atoms with Crippen molar-refractivity contribution in [2.45, 2.75) is 37.8 Å². The lowest BCUT2D eigenvalue weighted by Crippen LogP contribution is -2.06. The van der Waals surface area contributed by atoms with Crippen LogP contribution in [0.3, 0.4) is 0 Å². The molecule has 2 aromatic rings. The van der Waals surface area contributed by atoms with Gasteiger partial charge in [-0.3, -0.25) is 0 Å². The van der Waals surface area contributed by atoms with Gasteiger partial charge in [0, 0.05) is 24.3 Å². The van der Waals surface area contributed by atoms with Gasteiger partial charge in [-0.1, -0.05) is 17.8 Å². The Balaban J connectivity index is 2.16. The van der Waals surface area contributed by atoms with Gasteiger partial charge in [0.2, 0.25) is 5.89 Å². The van der Waals surface area contributed by atoms with Crippen molar-refractivity contribution in [1.29, 1.82) is 0 Å². The Morgan fingerprint density at radius 2 is 2.20 bits per heavy atom. The highest BCUT2D eigenvalue weighted by molar-refractivity contribution is 7.98. The molecule has 1 unspecified atom stereocenters. The molecule has 0 bridgehead atoms. The summed E-state index contributed by atoms with van der Waals surface area (Å²) in [5, 5.41) is 8.36. The molecule has 6 heteroatoms. The monoisotopic (exact) mass is 293 g/mol. The molecule has 0 aliphatic heterocycles. The van der Waals surface area contributed by atoms with Crippen molar-refractivity contribution in [1.82, 2.24) is 10.2 Å². The normalized spacial score (nSPS) is 12.4.